The summed E-state index contributed by atoms with van der Waals surface area (Å²) in [6.07, 6.45) is 3.90. The van der Waals surface area contributed by atoms with Gasteiger partial charge in [-0.05, 0) is 58.6 Å². The van der Waals surface area contributed by atoms with Gasteiger partial charge < -0.3 is 10.1 Å². The van der Waals surface area contributed by atoms with Crippen LogP contribution >= 0.6 is 22.6 Å². The number of Topliss-reactive ketones (excluding diaryl/α,β-unsaturated/α-hetero) is 1. The fourth-order valence-corrected chi connectivity index (χ4v) is 5.27. The molecule has 0 aromatic heterocycles. The lowest BCUT2D eigenvalue weighted by atomic mass is 9.64. The molecule has 1 aromatic rings. The van der Waals surface area contributed by atoms with E-state index < -0.39 is 0 Å². The summed E-state index contributed by atoms with van der Waals surface area (Å²) in [5, 5.41) is 3.39. The molecule has 0 fully saturated rings. The largest absolute Gasteiger partial charge is 0.462 e. The maximum absolute atomic E-state index is 13.2. The average molecular weight is 507 g/mol. The normalized spacial score (nSPS) is 21.0. The molecule has 0 radical (unpaired) electrons. The van der Waals surface area contributed by atoms with Crippen LogP contribution in [0.1, 0.15) is 71.3 Å². The molecule has 2 aliphatic rings. The minimum Gasteiger partial charge on any atom is -0.462 e. The Morgan fingerprint density at radius 2 is 2.00 bits per heavy atom. The van der Waals surface area contributed by atoms with Gasteiger partial charge in [0.1, 0.15) is 5.78 Å². The highest BCUT2D eigenvalue weighted by atomic mass is 127. The number of esters is 1. The summed E-state index contributed by atoms with van der Waals surface area (Å²) in [4.78, 5) is 25.6. The molecule has 0 saturated heterocycles. The molecule has 0 amide bonds. The van der Waals surface area contributed by atoms with E-state index in [-0.39, 0.29) is 23.1 Å². The third-order valence-corrected chi connectivity index (χ3v) is 6.79. The van der Waals surface area contributed by atoms with Crippen LogP contribution in [0.2, 0.25) is 0 Å². The van der Waals surface area contributed by atoms with Crippen molar-refractivity contribution in [1.29, 1.82) is 0 Å². The third-order valence-electron chi connectivity index (χ3n) is 5.80. The first-order valence-electron chi connectivity index (χ1n) is 10.4. The van der Waals surface area contributed by atoms with Crippen molar-refractivity contribution in [2.24, 2.45) is 5.41 Å². The highest BCUT2D eigenvalue weighted by Gasteiger charge is 2.45. The first-order chi connectivity index (χ1) is 13.8. The highest BCUT2D eigenvalue weighted by molar-refractivity contribution is 14.1. The number of benzene rings is 1. The monoisotopic (exact) mass is 507 g/mol. The Morgan fingerprint density at radius 1 is 1.28 bits per heavy atom. The first kappa shape index (κ1) is 22.1. The van der Waals surface area contributed by atoms with Gasteiger partial charge in [-0.3, -0.25) is 4.79 Å². The van der Waals surface area contributed by atoms with Crippen molar-refractivity contribution in [3.63, 3.8) is 0 Å². The maximum atomic E-state index is 13.2. The molecule has 0 bridgehead atoms. The molecule has 4 nitrogen and oxygen atoms in total. The van der Waals surface area contributed by atoms with Crippen LogP contribution < -0.4 is 5.32 Å². The van der Waals surface area contributed by atoms with Crippen LogP contribution in [-0.2, 0) is 14.3 Å². The molecule has 0 spiro atoms. The van der Waals surface area contributed by atoms with Gasteiger partial charge in [-0.2, -0.15) is 0 Å². The van der Waals surface area contributed by atoms with Crippen molar-refractivity contribution in [2.75, 3.05) is 6.61 Å². The van der Waals surface area contributed by atoms with Gasteiger partial charge in [-0.15, -0.1) is 0 Å². The van der Waals surface area contributed by atoms with Gasteiger partial charge in [0.15, 0.2) is 0 Å². The topological polar surface area (TPSA) is 55.4 Å². The van der Waals surface area contributed by atoms with Crippen LogP contribution in [-0.4, -0.2) is 18.4 Å². The van der Waals surface area contributed by atoms with Gasteiger partial charge in [0.25, 0.3) is 0 Å². The van der Waals surface area contributed by atoms with Gasteiger partial charge in [-0.25, -0.2) is 4.79 Å². The summed E-state index contributed by atoms with van der Waals surface area (Å²) in [6.45, 7) is 8.70. The van der Waals surface area contributed by atoms with Gasteiger partial charge in [0, 0.05) is 33.7 Å². The summed E-state index contributed by atoms with van der Waals surface area (Å²) in [7, 11) is 0. The van der Waals surface area contributed by atoms with Crippen LogP contribution in [0.4, 0.5) is 0 Å². The Hall–Kier alpha value is -1.63. The molecule has 1 aliphatic carbocycles. The molecule has 0 saturated carbocycles. The van der Waals surface area contributed by atoms with E-state index in [1.807, 2.05) is 19.1 Å². The van der Waals surface area contributed by atoms with E-state index in [0.29, 0.717) is 25.0 Å². The first-order valence-corrected chi connectivity index (χ1v) is 11.5. The van der Waals surface area contributed by atoms with E-state index in [1.54, 1.807) is 0 Å². The second-order valence-electron chi connectivity index (χ2n) is 8.63. The minimum atomic E-state index is -0.324. The second-order valence-corrected chi connectivity index (χ2v) is 9.79. The zero-order valence-electron chi connectivity index (χ0n) is 17.7. The number of carbonyl (C=O) groups excluding carboxylic acids is 2. The maximum Gasteiger partial charge on any atom is 0.336 e. The SMILES string of the molecule is CCCCCOC(=O)C1=C(C)NC2=C(C1c1ccccc1I)C(C)(C)CC(=O)C2. The Balaban J connectivity index is 2.07. The molecule has 29 heavy (non-hydrogen) atoms. The number of ketones is 1. The van der Waals surface area contributed by atoms with E-state index in [0.717, 1.165) is 45.4 Å². The lowest BCUT2D eigenvalue weighted by Gasteiger charge is -2.43. The number of ether oxygens (including phenoxy) is 1. The molecule has 5 heteroatoms. The summed E-state index contributed by atoms with van der Waals surface area (Å²) >= 11 is 2.34. The van der Waals surface area contributed by atoms with Gasteiger partial charge >= 0.3 is 5.97 Å². The summed E-state index contributed by atoms with van der Waals surface area (Å²) < 4.78 is 6.80. The number of rotatable bonds is 6. The number of nitrogens with one attached hydrogen (secondary N) is 1. The van der Waals surface area contributed by atoms with E-state index in [1.165, 1.54) is 0 Å². The number of dihydropyridines is 1. The van der Waals surface area contributed by atoms with Crippen molar-refractivity contribution < 1.29 is 14.3 Å². The van der Waals surface area contributed by atoms with Crippen LogP contribution in [0.3, 0.4) is 0 Å². The van der Waals surface area contributed by atoms with Crippen molar-refractivity contribution >= 4 is 34.3 Å². The Kier molecular flexibility index (Phi) is 6.87. The quantitative estimate of drug-likeness (QED) is 0.308. The number of allylic oxidation sites excluding steroid dienone is 3. The fraction of sp³-hybridized carbons (Fsp3) is 0.500. The Labute approximate surface area is 187 Å². The van der Waals surface area contributed by atoms with Crippen molar-refractivity contribution in [1.82, 2.24) is 5.32 Å². The molecule has 3 rings (SSSR count). The number of hydrogen-bond acceptors (Lipinski definition) is 4. The summed E-state index contributed by atoms with van der Waals surface area (Å²) in [5.41, 5.74) is 4.34. The van der Waals surface area contributed by atoms with E-state index in [2.05, 4.69) is 60.8 Å². The van der Waals surface area contributed by atoms with Crippen molar-refractivity contribution in [3.05, 3.63) is 55.9 Å². The lowest BCUT2D eigenvalue weighted by molar-refractivity contribution is -0.139. The standard InChI is InChI=1S/C24H30INO3/c1-5-6-9-12-29-23(28)20-15(2)26-19-13-16(27)14-24(3,4)22(19)21(20)17-10-7-8-11-18(17)25/h7-8,10-11,21,26H,5-6,9,12-14H2,1-4H3. The van der Waals surface area contributed by atoms with Crippen LogP contribution in [0.15, 0.2) is 46.8 Å². The van der Waals surface area contributed by atoms with Gasteiger partial charge in [0.2, 0.25) is 0 Å². The predicted octanol–water partition coefficient (Wildman–Crippen LogP) is 5.63. The number of carbonyl (C=O) groups is 2. The number of unbranched alkanes of at least 4 members (excludes halogenated alkanes) is 2. The summed E-state index contributed by atoms with van der Waals surface area (Å²) in [5.74, 6) is -0.211. The molecule has 1 heterocycles. The molecular formula is C24H30INO3. The molecule has 1 aromatic carbocycles. The molecule has 1 N–H and O–H groups in total. The zero-order valence-corrected chi connectivity index (χ0v) is 19.9. The highest BCUT2D eigenvalue weighted by Crippen LogP contribution is 2.51. The van der Waals surface area contributed by atoms with Gasteiger partial charge in [0.05, 0.1) is 12.2 Å². The average Bonchev–Trinajstić information content (AvgIpc) is 2.63. The van der Waals surface area contributed by atoms with E-state index >= 15 is 0 Å². The zero-order chi connectivity index (χ0) is 21.2. The smallest absolute Gasteiger partial charge is 0.336 e. The predicted molar refractivity (Wildman–Crippen MR) is 123 cm³/mol. The van der Waals surface area contributed by atoms with Gasteiger partial charge in [-0.1, -0.05) is 51.8 Å². The Morgan fingerprint density at radius 3 is 2.69 bits per heavy atom. The van der Waals surface area contributed by atoms with Crippen molar-refractivity contribution in [2.45, 2.75) is 65.7 Å². The van der Waals surface area contributed by atoms with Crippen LogP contribution in [0, 0.1) is 8.99 Å². The molecule has 1 unspecified atom stereocenters. The lowest BCUT2D eigenvalue weighted by Crippen LogP contribution is -2.40. The summed E-state index contributed by atoms with van der Waals surface area (Å²) in [6, 6.07) is 8.18. The minimum absolute atomic E-state index is 0.193. The molecule has 1 atom stereocenters. The third kappa shape index (κ3) is 4.60. The molecule has 156 valence electrons. The number of halogens is 1. The van der Waals surface area contributed by atoms with Crippen LogP contribution in [0.5, 0.6) is 0 Å². The van der Waals surface area contributed by atoms with Crippen LogP contribution in [0.25, 0.3) is 0 Å². The fourth-order valence-electron chi connectivity index (χ4n) is 4.57. The molecular weight excluding hydrogens is 477 g/mol. The van der Waals surface area contributed by atoms with E-state index in [9.17, 15) is 9.59 Å². The van der Waals surface area contributed by atoms with E-state index in [4.69, 9.17) is 4.74 Å². The molecule has 1 aliphatic heterocycles. The van der Waals surface area contributed by atoms with Crippen molar-refractivity contribution in [3.8, 4) is 0 Å². The number of hydrogen-bond donors (Lipinski definition) is 1. The second kappa shape index (κ2) is 9.02. The Bertz CT molecular complexity index is 882.